The summed E-state index contributed by atoms with van der Waals surface area (Å²) in [5, 5.41) is 10.3. The lowest BCUT2D eigenvalue weighted by molar-refractivity contribution is -0.122. The van der Waals surface area contributed by atoms with Gasteiger partial charge in [-0.1, -0.05) is 53.5 Å². The zero-order valence-corrected chi connectivity index (χ0v) is 26.8. The van der Waals surface area contributed by atoms with Gasteiger partial charge in [0.15, 0.2) is 0 Å². The van der Waals surface area contributed by atoms with Crippen molar-refractivity contribution < 1.29 is 14.4 Å². The number of nitrogens with one attached hydrogen (secondary N) is 3. The molecule has 4 rings (SSSR count). The second-order valence-corrected chi connectivity index (χ2v) is 10.0. The molecule has 3 amide bonds. The summed E-state index contributed by atoms with van der Waals surface area (Å²) in [5.41, 5.74) is 4.93. The fourth-order valence-electron chi connectivity index (χ4n) is 4.11. The molecular weight excluding hydrogens is 632 g/mol. The number of hydrogen-bond donors (Lipinski definition) is 3. The molecular formula is C31H31Cl4N5O3. The molecule has 226 valence electrons. The highest BCUT2D eigenvalue weighted by atomic mass is 35.5. The molecule has 3 N–H and O–H groups in total. The Hall–Kier alpha value is -3.82. The zero-order valence-electron chi connectivity index (χ0n) is 23.6. The van der Waals surface area contributed by atoms with E-state index in [4.69, 9.17) is 23.2 Å². The first-order valence-corrected chi connectivity index (χ1v) is 13.5. The van der Waals surface area contributed by atoms with E-state index in [9.17, 15) is 14.4 Å². The maximum Gasteiger partial charge on any atom is 0.251 e. The van der Waals surface area contributed by atoms with Crippen molar-refractivity contribution in [2.24, 2.45) is 0 Å². The van der Waals surface area contributed by atoms with Gasteiger partial charge in [0, 0.05) is 53.9 Å². The number of aryl methyl sites for hydroxylation is 1. The molecule has 0 unspecified atom stereocenters. The normalized spacial score (nSPS) is 10.4. The summed E-state index contributed by atoms with van der Waals surface area (Å²) in [4.78, 5) is 42.9. The standard InChI is InChI=1S/C31H29Cl2N5O3.2ClH/c1-19-7-11-21-5-4-6-25(30(21)37-19)35-17-23-24(32)14-15-26(29(23)33)38(3)28(40)18-36-27(39)16-10-20-8-12-22(13-9-20)31(41)34-2;;/h4-16,35H,17-18H2,1-3H3,(H,34,41)(H,36,39);2*1H. The fraction of sp³-hybridized carbons (Fsp3) is 0.161. The number of nitrogens with zero attached hydrogens (tertiary/aromatic N) is 2. The topological polar surface area (TPSA) is 103 Å². The Morgan fingerprint density at radius 1 is 0.953 bits per heavy atom. The first-order chi connectivity index (χ1) is 19.7. The SMILES string of the molecule is CNC(=O)c1ccc(C=CC(=O)NCC(=O)N(C)c2ccc(Cl)c(CNc3cccc4ccc(C)nc34)c2Cl)cc1.Cl.Cl. The van der Waals surface area contributed by atoms with Gasteiger partial charge in [0.2, 0.25) is 11.8 Å². The van der Waals surface area contributed by atoms with Crippen LogP contribution in [0.1, 0.15) is 27.2 Å². The van der Waals surface area contributed by atoms with E-state index in [-0.39, 0.29) is 43.2 Å². The summed E-state index contributed by atoms with van der Waals surface area (Å²) < 4.78 is 0. The number of rotatable bonds is 9. The number of likely N-dealkylation sites (N-methyl/N-ethyl adjacent to an activating group) is 1. The Labute approximate surface area is 272 Å². The molecule has 0 spiro atoms. The van der Waals surface area contributed by atoms with Gasteiger partial charge in [0.1, 0.15) is 0 Å². The molecule has 0 aliphatic rings. The molecule has 4 aromatic rings. The Balaban J connectivity index is 0.00000323. The molecule has 1 aromatic heterocycles. The zero-order chi connectivity index (χ0) is 29.5. The quantitative estimate of drug-likeness (QED) is 0.179. The van der Waals surface area contributed by atoms with E-state index in [1.165, 1.54) is 11.0 Å². The summed E-state index contributed by atoms with van der Waals surface area (Å²) >= 11 is 13.2. The van der Waals surface area contributed by atoms with Crippen molar-refractivity contribution in [3.63, 3.8) is 0 Å². The van der Waals surface area contributed by atoms with E-state index in [1.807, 2.05) is 37.3 Å². The van der Waals surface area contributed by atoms with Crippen LogP contribution in [0.3, 0.4) is 0 Å². The molecule has 0 saturated heterocycles. The van der Waals surface area contributed by atoms with Crippen LogP contribution in [0.15, 0.2) is 72.8 Å². The summed E-state index contributed by atoms with van der Waals surface area (Å²) in [6.07, 6.45) is 2.92. The molecule has 43 heavy (non-hydrogen) atoms. The fourth-order valence-corrected chi connectivity index (χ4v) is 4.74. The number of anilines is 2. The van der Waals surface area contributed by atoms with E-state index in [0.29, 0.717) is 33.4 Å². The van der Waals surface area contributed by atoms with Gasteiger partial charge in [-0.05, 0) is 55.0 Å². The average Bonchev–Trinajstić information content (AvgIpc) is 2.98. The molecule has 0 fully saturated rings. The number of fused-ring (bicyclic) bond motifs is 1. The van der Waals surface area contributed by atoms with Crippen LogP contribution < -0.4 is 20.9 Å². The highest BCUT2D eigenvalue weighted by Gasteiger charge is 2.19. The minimum absolute atomic E-state index is 0. The Kier molecular flexibility index (Phi) is 13.3. The lowest BCUT2D eigenvalue weighted by atomic mass is 10.1. The van der Waals surface area contributed by atoms with Crippen LogP contribution >= 0.6 is 48.0 Å². The molecule has 0 aliphatic carbocycles. The van der Waals surface area contributed by atoms with Gasteiger partial charge in [-0.15, -0.1) is 24.8 Å². The van der Waals surface area contributed by atoms with Crippen molar-refractivity contribution >= 4 is 94.1 Å². The monoisotopic (exact) mass is 661 g/mol. The van der Waals surface area contributed by atoms with Crippen molar-refractivity contribution in [2.45, 2.75) is 13.5 Å². The average molecular weight is 663 g/mol. The van der Waals surface area contributed by atoms with Crippen molar-refractivity contribution in [3.05, 3.63) is 105 Å². The van der Waals surface area contributed by atoms with Crippen LogP contribution in [0.4, 0.5) is 11.4 Å². The van der Waals surface area contributed by atoms with Crippen molar-refractivity contribution in [3.8, 4) is 0 Å². The Bertz CT molecular complexity index is 1650. The van der Waals surface area contributed by atoms with Crippen LogP contribution in [-0.4, -0.2) is 43.3 Å². The van der Waals surface area contributed by atoms with Gasteiger partial charge in [0.05, 0.1) is 28.5 Å². The number of amides is 3. The highest BCUT2D eigenvalue weighted by molar-refractivity contribution is 6.38. The van der Waals surface area contributed by atoms with Crippen molar-refractivity contribution in [1.82, 2.24) is 15.6 Å². The van der Waals surface area contributed by atoms with E-state index in [0.717, 1.165) is 27.8 Å². The number of hydrogen-bond acceptors (Lipinski definition) is 5. The minimum Gasteiger partial charge on any atom is -0.379 e. The number of pyridine rings is 1. The molecule has 3 aromatic carbocycles. The van der Waals surface area contributed by atoms with Crippen LogP contribution in [0.5, 0.6) is 0 Å². The predicted molar refractivity (Wildman–Crippen MR) is 180 cm³/mol. The third kappa shape index (κ3) is 8.84. The summed E-state index contributed by atoms with van der Waals surface area (Å²) in [5.74, 6) is -0.992. The number of para-hydroxylation sites is 1. The maximum absolute atomic E-state index is 12.9. The summed E-state index contributed by atoms with van der Waals surface area (Å²) in [7, 11) is 3.14. The summed E-state index contributed by atoms with van der Waals surface area (Å²) in [6.45, 7) is 2.02. The minimum atomic E-state index is -0.437. The van der Waals surface area contributed by atoms with Crippen LogP contribution in [-0.2, 0) is 16.1 Å². The van der Waals surface area contributed by atoms with E-state index >= 15 is 0 Å². The maximum atomic E-state index is 12.9. The number of carbonyl (C=O) groups is 3. The van der Waals surface area contributed by atoms with Crippen molar-refractivity contribution in [2.75, 3.05) is 30.9 Å². The van der Waals surface area contributed by atoms with Crippen LogP contribution in [0, 0.1) is 6.92 Å². The van der Waals surface area contributed by atoms with Crippen LogP contribution in [0.2, 0.25) is 10.0 Å². The summed E-state index contributed by atoms with van der Waals surface area (Å²) in [6, 6.07) is 20.0. The van der Waals surface area contributed by atoms with Gasteiger partial charge in [-0.3, -0.25) is 19.4 Å². The lowest BCUT2D eigenvalue weighted by Crippen LogP contribution is -2.37. The second kappa shape index (κ2) is 16.1. The number of aromatic nitrogens is 1. The molecule has 8 nitrogen and oxygen atoms in total. The van der Waals surface area contributed by atoms with E-state index in [1.54, 1.807) is 56.6 Å². The number of halogens is 4. The van der Waals surface area contributed by atoms with Gasteiger partial charge < -0.3 is 20.9 Å². The molecule has 1 heterocycles. The molecule has 0 atom stereocenters. The highest BCUT2D eigenvalue weighted by Crippen LogP contribution is 2.35. The molecule has 0 aliphatic heterocycles. The second-order valence-electron chi connectivity index (χ2n) is 9.25. The number of benzene rings is 3. The van der Waals surface area contributed by atoms with E-state index < -0.39 is 5.91 Å². The largest absolute Gasteiger partial charge is 0.379 e. The molecule has 0 radical (unpaired) electrons. The van der Waals surface area contributed by atoms with Gasteiger partial charge in [-0.25, -0.2) is 0 Å². The van der Waals surface area contributed by atoms with Gasteiger partial charge in [-0.2, -0.15) is 0 Å². The lowest BCUT2D eigenvalue weighted by Gasteiger charge is -2.21. The van der Waals surface area contributed by atoms with Crippen LogP contribution in [0.25, 0.3) is 17.0 Å². The Morgan fingerprint density at radius 3 is 2.37 bits per heavy atom. The smallest absolute Gasteiger partial charge is 0.251 e. The first kappa shape index (κ1) is 35.4. The molecule has 0 saturated carbocycles. The molecule has 12 heteroatoms. The predicted octanol–water partition coefficient (Wildman–Crippen LogP) is 6.46. The van der Waals surface area contributed by atoms with Gasteiger partial charge in [0.25, 0.3) is 5.91 Å². The first-order valence-electron chi connectivity index (χ1n) is 12.8. The third-order valence-electron chi connectivity index (χ3n) is 6.46. The van der Waals surface area contributed by atoms with E-state index in [2.05, 4.69) is 20.9 Å². The molecule has 0 bridgehead atoms. The van der Waals surface area contributed by atoms with Gasteiger partial charge >= 0.3 is 0 Å². The number of carbonyl (C=O) groups excluding carboxylic acids is 3. The third-order valence-corrected chi connectivity index (χ3v) is 7.23. The Morgan fingerprint density at radius 2 is 1.67 bits per heavy atom. The van der Waals surface area contributed by atoms with Crippen molar-refractivity contribution in [1.29, 1.82) is 0 Å².